The van der Waals surface area contributed by atoms with Crippen molar-refractivity contribution in [2.45, 2.75) is 6.42 Å². The lowest BCUT2D eigenvalue weighted by Gasteiger charge is -2.18. The minimum absolute atomic E-state index is 0.0196. The predicted molar refractivity (Wildman–Crippen MR) is 94.0 cm³/mol. The van der Waals surface area contributed by atoms with E-state index < -0.39 is 0 Å². The summed E-state index contributed by atoms with van der Waals surface area (Å²) >= 11 is 0. The van der Waals surface area contributed by atoms with Crippen LogP contribution in [0.3, 0.4) is 0 Å². The van der Waals surface area contributed by atoms with Gasteiger partial charge in [0.2, 0.25) is 5.91 Å². The normalized spacial score (nSPS) is 17.1. The van der Waals surface area contributed by atoms with Crippen LogP contribution in [0.4, 0.5) is 17.2 Å². The van der Waals surface area contributed by atoms with Crippen molar-refractivity contribution in [3.05, 3.63) is 48.7 Å². The molecule has 0 radical (unpaired) electrons. The number of carbonyl (C=O) groups is 1. The van der Waals surface area contributed by atoms with Gasteiger partial charge in [-0.1, -0.05) is 18.2 Å². The summed E-state index contributed by atoms with van der Waals surface area (Å²) in [5, 5.41) is 3.02. The van der Waals surface area contributed by atoms with E-state index in [0.717, 1.165) is 31.0 Å². The first-order valence-corrected chi connectivity index (χ1v) is 7.88. The minimum Gasteiger partial charge on any atom is -0.371 e. The topological polar surface area (TPSA) is 48.5 Å². The number of pyridine rings is 1. The van der Waals surface area contributed by atoms with Crippen LogP contribution in [0.5, 0.6) is 0 Å². The van der Waals surface area contributed by atoms with Gasteiger partial charge in [-0.05, 0) is 24.6 Å². The molecule has 3 rings (SSSR count). The lowest BCUT2D eigenvalue weighted by atomic mass is 10.1. The zero-order chi connectivity index (χ0) is 16.2. The summed E-state index contributed by atoms with van der Waals surface area (Å²) < 4.78 is 0. The highest BCUT2D eigenvalue weighted by Gasteiger charge is 2.28. The second-order valence-corrected chi connectivity index (χ2v) is 6.05. The van der Waals surface area contributed by atoms with Crippen LogP contribution in [0.1, 0.15) is 6.42 Å². The molecule has 0 saturated carbocycles. The van der Waals surface area contributed by atoms with Crippen molar-refractivity contribution in [1.29, 1.82) is 0 Å². The van der Waals surface area contributed by atoms with Crippen molar-refractivity contribution in [1.82, 2.24) is 4.98 Å². The highest BCUT2D eigenvalue weighted by molar-refractivity contribution is 5.93. The largest absolute Gasteiger partial charge is 0.371 e. The summed E-state index contributed by atoms with van der Waals surface area (Å²) in [6.45, 7) is 1.68. The predicted octanol–water partition coefficient (Wildman–Crippen LogP) is 2.61. The zero-order valence-corrected chi connectivity index (χ0v) is 13.6. The number of aromatic nitrogens is 1. The van der Waals surface area contributed by atoms with E-state index in [1.165, 1.54) is 5.69 Å². The monoisotopic (exact) mass is 310 g/mol. The average Bonchev–Trinajstić information content (AvgIpc) is 3.06. The number of para-hydroxylation sites is 1. The van der Waals surface area contributed by atoms with Gasteiger partial charge in [0.15, 0.2) is 0 Å². The van der Waals surface area contributed by atoms with Crippen LogP contribution in [0.15, 0.2) is 48.7 Å². The Hall–Kier alpha value is -2.56. The molecule has 0 bridgehead atoms. The van der Waals surface area contributed by atoms with Crippen molar-refractivity contribution < 1.29 is 4.79 Å². The Morgan fingerprint density at radius 2 is 2.04 bits per heavy atom. The standard InChI is InChI=1S/C18H22N4O/c1-21(2)17-12-15(8-10-19-17)20-18(23)14-9-11-22(13-14)16-6-4-3-5-7-16/h3-8,10,12,14H,9,11,13H2,1-2H3,(H,19,20,23). The molecular formula is C18H22N4O. The molecule has 1 aromatic heterocycles. The van der Waals surface area contributed by atoms with E-state index in [0.29, 0.717) is 0 Å². The third kappa shape index (κ3) is 3.62. The van der Waals surface area contributed by atoms with E-state index in [1.807, 2.05) is 49.3 Å². The van der Waals surface area contributed by atoms with E-state index in [9.17, 15) is 4.79 Å². The molecule has 2 heterocycles. The van der Waals surface area contributed by atoms with Gasteiger partial charge in [-0.2, -0.15) is 0 Å². The van der Waals surface area contributed by atoms with Crippen LogP contribution in [-0.2, 0) is 4.79 Å². The minimum atomic E-state index is 0.0196. The number of carbonyl (C=O) groups excluding carboxylic acids is 1. The van der Waals surface area contributed by atoms with Gasteiger partial charge in [0.25, 0.3) is 0 Å². The van der Waals surface area contributed by atoms with Crippen LogP contribution in [0.2, 0.25) is 0 Å². The lowest BCUT2D eigenvalue weighted by molar-refractivity contribution is -0.119. The molecule has 5 heteroatoms. The van der Waals surface area contributed by atoms with Gasteiger partial charge in [0.05, 0.1) is 5.92 Å². The molecule has 1 saturated heterocycles. The van der Waals surface area contributed by atoms with Gasteiger partial charge in [-0.15, -0.1) is 0 Å². The molecule has 120 valence electrons. The van der Waals surface area contributed by atoms with E-state index in [4.69, 9.17) is 0 Å². The number of benzene rings is 1. The molecule has 2 aromatic rings. The van der Waals surface area contributed by atoms with Crippen LogP contribution in [-0.4, -0.2) is 38.1 Å². The average molecular weight is 310 g/mol. The summed E-state index contributed by atoms with van der Waals surface area (Å²) in [5.41, 5.74) is 1.98. The molecule has 0 aliphatic carbocycles. The first-order valence-electron chi connectivity index (χ1n) is 7.88. The number of hydrogen-bond donors (Lipinski definition) is 1. The summed E-state index contributed by atoms with van der Waals surface area (Å²) in [5.74, 6) is 0.936. The number of anilines is 3. The second kappa shape index (κ2) is 6.69. The number of nitrogens with zero attached hydrogens (tertiary/aromatic N) is 3. The van der Waals surface area contributed by atoms with Gasteiger partial charge in [0, 0.05) is 50.8 Å². The Labute approximate surface area is 136 Å². The summed E-state index contributed by atoms with van der Waals surface area (Å²) in [4.78, 5) is 20.9. The number of rotatable bonds is 4. The zero-order valence-electron chi connectivity index (χ0n) is 13.6. The van der Waals surface area contributed by atoms with Crippen LogP contribution in [0.25, 0.3) is 0 Å². The lowest BCUT2D eigenvalue weighted by Crippen LogP contribution is -2.27. The Morgan fingerprint density at radius 3 is 2.78 bits per heavy atom. The molecule has 1 unspecified atom stereocenters. The quantitative estimate of drug-likeness (QED) is 0.943. The number of amides is 1. The molecule has 1 fully saturated rings. The van der Waals surface area contributed by atoms with Crippen molar-refractivity contribution in [3.63, 3.8) is 0 Å². The van der Waals surface area contributed by atoms with Crippen molar-refractivity contribution >= 4 is 23.1 Å². The fraction of sp³-hybridized carbons (Fsp3) is 0.333. The Bertz CT molecular complexity index is 672. The van der Waals surface area contributed by atoms with Gasteiger partial charge < -0.3 is 15.1 Å². The Balaban J connectivity index is 1.62. The Morgan fingerprint density at radius 1 is 1.26 bits per heavy atom. The number of nitrogens with one attached hydrogen (secondary N) is 1. The van der Waals surface area contributed by atoms with Gasteiger partial charge >= 0.3 is 0 Å². The van der Waals surface area contributed by atoms with Crippen molar-refractivity contribution in [3.8, 4) is 0 Å². The molecule has 1 aliphatic heterocycles. The molecule has 23 heavy (non-hydrogen) atoms. The van der Waals surface area contributed by atoms with Gasteiger partial charge in [-0.25, -0.2) is 4.98 Å². The van der Waals surface area contributed by atoms with Gasteiger partial charge in [-0.3, -0.25) is 4.79 Å². The summed E-state index contributed by atoms with van der Waals surface area (Å²) in [6.07, 6.45) is 2.60. The molecular weight excluding hydrogens is 288 g/mol. The van der Waals surface area contributed by atoms with Crippen LogP contribution >= 0.6 is 0 Å². The first-order chi connectivity index (χ1) is 11.1. The third-order valence-corrected chi connectivity index (χ3v) is 4.15. The molecule has 0 spiro atoms. The number of hydrogen-bond acceptors (Lipinski definition) is 4. The first kappa shape index (κ1) is 15.3. The third-order valence-electron chi connectivity index (χ3n) is 4.15. The highest BCUT2D eigenvalue weighted by atomic mass is 16.1. The molecule has 1 aliphatic rings. The van der Waals surface area contributed by atoms with E-state index in [2.05, 4.69) is 27.3 Å². The van der Waals surface area contributed by atoms with E-state index >= 15 is 0 Å². The molecule has 1 aromatic carbocycles. The van der Waals surface area contributed by atoms with Gasteiger partial charge in [0.1, 0.15) is 5.82 Å². The molecule has 5 nitrogen and oxygen atoms in total. The molecule has 1 N–H and O–H groups in total. The molecule has 1 amide bonds. The summed E-state index contributed by atoms with van der Waals surface area (Å²) in [6, 6.07) is 14.0. The fourth-order valence-electron chi connectivity index (χ4n) is 2.83. The summed E-state index contributed by atoms with van der Waals surface area (Å²) in [7, 11) is 3.87. The SMILES string of the molecule is CN(C)c1cc(NC(=O)C2CCN(c3ccccc3)C2)ccn1. The van der Waals surface area contributed by atoms with Crippen molar-refractivity contribution in [2.24, 2.45) is 5.92 Å². The second-order valence-electron chi connectivity index (χ2n) is 6.05. The fourth-order valence-corrected chi connectivity index (χ4v) is 2.83. The smallest absolute Gasteiger partial charge is 0.229 e. The maximum Gasteiger partial charge on any atom is 0.229 e. The van der Waals surface area contributed by atoms with Crippen LogP contribution in [0, 0.1) is 5.92 Å². The van der Waals surface area contributed by atoms with Crippen LogP contribution < -0.4 is 15.1 Å². The van der Waals surface area contributed by atoms with Crippen molar-refractivity contribution in [2.75, 3.05) is 42.3 Å². The maximum absolute atomic E-state index is 12.5. The maximum atomic E-state index is 12.5. The van der Waals surface area contributed by atoms with E-state index in [1.54, 1.807) is 6.20 Å². The van der Waals surface area contributed by atoms with E-state index in [-0.39, 0.29) is 11.8 Å². The highest BCUT2D eigenvalue weighted by Crippen LogP contribution is 2.25. The Kier molecular flexibility index (Phi) is 4.46. The molecule has 1 atom stereocenters.